The zero-order valence-corrected chi connectivity index (χ0v) is 14.6. The molecule has 132 valence electrons. The van der Waals surface area contributed by atoms with Crippen LogP contribution in [0.15, 0.2) is 12.1 Å². The average molecular weight is 354 g/mol. The maximum absolute atomic E-state index is 12.5. The second kappa shape index (κ2) is 7.59. The smallest absolute Gasteiger partial charge is 0.255 e. The molecule has 0 unspecified atom stereocenters. The van der Waals surface area contributed by atoms with E-state index >= 15 is 0 Å². The lowest BCUT2D eigenvalue weighted by Gasteiger charge is -2.35. The summed E-state index contributed by atoms with van der Waals surface area (Å²) in [6.45, 7) is 5.51. The van der Waals surface area contributed by atoms with Crippen molar-refractivity contribution in [2.45, 2.75) is 31.9 Å². The Morgan fingerprint density at radius 1 is 1.54 bits per heavy atom. The molecule has 2 aliphatic rings. The fraction of sp³-hybridized carbons (Fsp3) is 0.588. The van der Waals surface area contributed by atoms with Crippen molar-refractivity contribution in [3.05, 3.63) is 22.7 Å². The van der Waals surface area contributed by atoms with E-state index in [-0.39, 0.29) is 12.0 Å². The van der Waals surface area contributed by atoms with Crippen LogP contribution in [-0.4, -0.2) is 55.8 Å². The highest BCUT2D eigenvalue weighted by Gasteiger charge is 2.32. The molecule has 0 aromatic heterocycles. The highest BCUT2D eigenvalue weighted by Crippen LogP contribution is 2.29. The fourth-order valence-electron chi connectivity index (χ4n) is 3.33. The Morgan fingerprint density at radius 3 is 3.17 bits per heavy atom. The molecule has 2 aliphatic heterocycles. The lowest BCUT2D eigenvalue weighted by molar-refractivity contribution is -0.0461. The van der Waals surface area contributed by atoms with Gasteiger partial charge in [0.25, 0.3) is 5.91 Å². The van der Waals surface area contributed by atoms with Gasteiger partial charge in [-0.3, -0.25) is 9.69 Å². The Morgan fingerprint density at radius 2 is 2.38 bits per heavy atom. The second-order valence-electron chi connectivity index (χ2n) is 6.26. The minimum atomic E-state index is -0.229. The Hall–Kier alpha value is -1.50. The monoisotopic (exact) mass is 353 g/mol. The van der Waals surface area contributed by atoms with E-state index < -0.39 is 0 Å². The summed E-state index contributed by atoms with van der Waals surface area (Å²) < 4.78 is 11.4. The van der Waals surface area contributed by atoms with Gasteiger partial charge in [-0.1, -0.05) is 11.6 Å². The van der Waals surface area contributed by atoms with Gasteiger partial charge in [0.05, 0.1) is 35.6 Å². The van der Waals surface area contributed by atoms with E-state index in [2.05, 4.69) is 10.2 Å². The van der Waals surface area contributed by atoms with Gasteiger partial charge in [0.1, 0.15) is 5.75 Å². The third-order valence-electron chi connectivity index (χ3n) is 4.60. The summed E-state index contributed by atoms with van der Waals surface area (Å²) >= 11 is 6.05. The number of hydrogen-bond acceptors (Lipinski definition) is 5. The van der Waals surface area contributed by atoms with Crippen molar-refractivity contribution in [3.63, 3.8) is 0 Å². The van der Waals surface area contributed by atoms with E-state index in [1.165, 1.54) is 12.8 Å². The van der Waals surface area contributed by atoms with E-state index in [0.29, 0.717) is 41.2 Å². The molecule has 1 aromatic carbocycles. The van der Waals surface area contributed by atoms with Gasteiger partial charge >= 0.3 is 0 Å². The van der Waals surface area contributed by atoms with Crippen LogP contribution in [0.5, 0.6) is 5.75 Å². The highest BCUT2D eigenvalue weighted by atomic mass is 35.5. The number of morpholine rings is 1. The summed E-state index contributed by atoms with van der Waals surface area (Å²) in [5, 5.41) is 3.27. The Kier molecular flexibility index (Phi) is 5.48. The summed E-state index contributed by atoms with van der Waals surface area (Å²) in [5.41, 5.74) is 6.58. The number of anilines is 1. The minimum Gasteiger partial charge on any atom is -0.493 e. The molecule has 1 aromatic rings. The van der Waals surface area contributed by atoms with Crippen LogP contribution in [0, 0.1) is 0 Å². The van der Waals surface area contributed by atoms with Gasteiger partial charge in [-0.25, -0.2) is 0 Å². The van der Waals surface area contributed by atoms with Gasteiger partial charge in [-0.15, -0.1) is 0 Å². The van der Waals surface area contributed by atoms with Crippen LogP contribution in [-0.2, 0) is 4.74 Å². The first-order valence-corrected chi connectivity index (χ1v) is 8.82. The van der Waals surface area contributed by atoms with E-state index in [1.807, 2.05) is 6.92 Å². The average Bonchev–Trinajstić information content (AvgIpc) is 3.03. The topological polar surface area (TPSA) is 76.8 Å². The van der Waals surface area contributed by atoms with E-state index in [0.717, 1.165) is 19.7 Å². The quantitative estimate of drug-likeness (QED) is 0.791. The summed E-state index contributed by atoms with van der Waals surface area (Å²) in [5.74, 6) is 0.216. The fourth-order valence-corrected chi connectivity index (χ4v) is 3.50. The molecule has 2 fully saturated rings. The van der Waals surface area contributed by atoms with Crippen LogP contribution in [0.1, 0.15) is 30.1 Å². The first kappa shape index (κ1) is 17.3. The molecule has 3 N–H and O–H groups in total. The molecule has 0 bridgehead atoms. The van der Waals surface area contributed by atoms with Crippen molar-refractivity contribution in [2.24, 2.45) is 0 Å². The molecule has 2 atom stereocenters. The van der Waals surface area contributed by atoms with Crippen molar-refractivity contribution in [3.8, 4) is 5.75 Å². The molecule has 7 heteroatoms. The van der Waals surface area contributed by atoms with Crippen LogP contribution in [0.25, 0.3) is 0 Å². The summed E-state index contributed by atoms with van der Waals surface area (Å²) in [6, 6.07) is 3.69. The van der Waals surface area contributed by atoms with Crippen molar-refractivity contribution < 1.29 is 14.3 Å². The molecule has 0 aliphatic carbocycles. The van der Waals surface area contributed by atoms with Crippen LogP contribution >= 0.6 is 11.6 Å². The number of nitrogens with zero attached hydrogens (tertiary/aromatic N) is 1. The van der Waals surface area contributed by atoms with Crippen LogP contribution in [0.3, 0.4) is 0 Å². The van der Waals surface area contributed by atoms with Crippen molar-refractivity contribution in [1.29, 1.82) is 0 Å². The summed E-state index contributed by atoms with van der Waals surface area (Å²) in [7, 11) is 0. The predicted molar refractivity (Wildman–Crippen MR) is 93.7 cm³/mol. The molecular weight excluding hydrogens is 330 g/mol. The molecule has 2 heterocycles. The first-order valence-electron chi connectivity index (χ1n) is 8.44. The first-order chi connectivity index (χ1) is 11.6. The largest absolute Gasteiger partial charge is 0.493 e. The van der Waals surface area contributed by atoms with Crippen LogP contribution in [0.4, 0.5) is 5.69 Å². The van der Waals surface area contributed by atoms with Gasteiger partial charge in [0.15, 0.2) is 0 Å². The van der Waals surface area contributed by atoms with Crippen molar-refractivity contribution in [1.82, 2.24) is 10.2 Å². The SMILES string of the molecule is CCOc1cc(N)c(Cl)cc1C(=O)NC[C@H]1CN2CCC[C@@H]2CO1. The van der Waals surface area contributed by atoms with Crippen LogP contribution < -0.4 is 15.8 Å². The zero-order chi connectivity index (χ0) is 17.1. The number of halogens is 1. The Balaban J connectivity index is 1.61. The molecule has 0 saturated carbocycles. The van der Waals surface area contributed by atoms with Crippen molar-refractivity contribution in [2.75, 3.05) is 38.6 Å². The van der Waals surface area contributed by atoms with Gasteiger partial charge in [-0.05, 0) is 32.4 Å². The molecule has 3 rings (SSSR count). The molecule has 6 nitrogen and oxygen atoms in total. The summed E-state index contributed by atoms with van der Waals surface area (Å²) in [6.07, 6.45) is 2.46. The molecule has 0 radical (unpaired) electrons. The molecule has 0 spiro atoms. The number of fused-ring (bicyclic) bond motifs is 1. The van der Waals surface area contributed by atoms with Gasteiger partial charge in [0, 0.05) is 25.2 Å². The Labute approximate surface area is 147 Å². The maximum atomic E-state index is 12.5. The third kappa shape index (κ3) is 3.77. The minimum absolute atomic E-state index is 0.0168. The number of hydrogen-bond donors (Lipinski definition) is 2. The maximum Gasteiger partial charge on any atom is 0.255 e. The number of nitrogens with two attached hydrogens (primary N) is 1. The van der Waals surface area contributed by atoms with Gasteiger partial charge in [0.2, 0.25) is 0 Å². The number of carbonyl (C=O) groups is 1. The standard InChI is InChI=1S/C17H24ClN3O3/c1-2-23-16-7-15(19)14(18)6-13(16)17(22)20-8-12-9-21-5-3-4-11(21)10-24-12/h6-7,11-12H,2-5,8-10,19H2,1H3,(H,20,22)/t11-,12+/m1/s1. The Bertz CT molecular complexity index is 611. The van der Waals surface area contributed by atoms with E-state index in [1.54, 1.807) is 12.1 Å². The number of nitrogens with one attached hydrogen (secondary N) is 1. The molecular formula is C17H24ClN3O3. The van der Waals surface area contributed by atoms with E-state index in [9.17, 15) is 4.79 Å². The van der Waals surface area contributed by atoms with Gasteiger partial charge in [-0.2, -0.15) is 0 Å². The number of nitrogen functional groups attached to an aromatic ring is 1. The van der Waals surface area contributed by atoms with Crippen LogP contribution in [0.2, 0.25) is 5.02 Å². The number of benzene rings is 1. The van der Waals surface area contributed by atoms with Crippen molar-refractivity contribution >= 4 is 23.2 Å². The number of rotatable bonds is 5. The number of carbonyl (C=O) groups excluding carboxylic acids is 1. The predicted octanol–water partition coefficient (Wildman–Crippen LogP) is 1.91. The zero-order valence-electron chi connectivity index (χ0n) is 13.9. The van der Waals surface area contributed by atoms with E-state index in [4.69, 9.17) is 26.8 Å². The lowest BCUT2D eigenvalue weighted by atomic mass is 10.1. The molecule has 24 heavy (non-hydrogen) atoms. The lowest BCUT2D eigenvalue weighted by Crippen LogP contribution is -2.50. The molecule has 1 amide bonds. The normalized spacial score (nSPS) is 23.8. The summed E-state index contributed by atoms with van der Waals surface area (Å²) in [4.78, 5) is 15.0. The molecule has 2 saturated heterocycles. The number of amides is 1. The highest BCUT2D eigenvalue weighted by molar-refractivity contribution is 6.33. The second-order valence-corrected chi connectivity index (χ2v) is 6.67. The van der Waals surface area contributed by atoms with Gasteiger partial charge < -0.3 is 20.5 Å². The third-order valence-corrected chi connectivity index (χ3v) is 4.92. The number of ether oxygens (including phenoxy) is 2.